The number of rotatable bonds is 7. The SMILES string of the molecule is CCOc1cc([N+](=O)[O-])c(C(=O)Nc2cccc(C3SCCCS3)c2)cc1OC. The van der Waals surface area contributed by atoms with Crippen LogP contribution in [0.3, 0.4) is 0 Å². The highest BCUT2D eigenvalue weighted by atomic mass is 32.2. The normalized spacial score (nSPS) is 14.3. The Morgan fingerprint density at radius 2 is 2.00 bits per heavy atom. The van der Waals surface area contributed by atoms with E-state index >= 15 is 0 Å². The van der Waals surface area contributed by atoms with Crippen LogP contribution >= 0.6 is 23.5 Å². The molecule has 7 nitrogen and oxygen atoms in total. The smallest absolute Gasteiger partial charge is 0.286 e. The number of anilines is 1. The number of amides is 1. The van der Waals surface area contributed by atoms with Gasteiger partial charge in [0, 0.05) is 11.8 Å². The predicted octanol–water partition coefficient (Wildman–Crippen LogP) is 5.12. The third kappa shape index (κ3) is 5.16. The number of benzene rings is 2. The summed E-state index contributed by atoms with van der Waals surface area (Å²) in [6.07, 6.45) is 1.20. The summed E-state index contributed by atoms with van der Waals surface area (Å²) in [5.74, 6) is 2.16. The number of thioether (sulfide) groups is 2. The summed E-state index contributed by atoms with van der Waals surface area (Å²) < 4.78 is 11.0. The number of carbonyl (C=O) groups excluding carboxylic acids is 1. The van der Waals surface area contributed by atoms with E-state index in [0.29, 0.717) is 16.9 Å². The number of hydrogen-bond acceptors (Lipinski definition) is 7. The standard InChI is InChI=1S/C20H22N2O5S2/c1-3-27-18-12-16(22(24)25)15(11-17(18)26-2)19(23)21-14-7-4-6-13(10-14)20-28-8-5-9-29-20/h4,6-7,10-12,20H,3,5,8-9H2,1-2H3,(H,21,23). The molecule has 1 fully saturated rings. The first kappa shape index (κ1) is 21.3. The molecule has 0 bridgehead atoms. The van der Waals surface area contributed by atoms with E-state index in [9.17, 15) is 14.9 Å². The van der Waals surface area contributed by atoms with Crippen molar-refractivity contribution in [3.05, 3.63) is 57.6 Å². The third-order valence-corrected chi connectivity index (χ3v) is 7.28. The van der Waals surface area contributed by atoms with Gasteiger partial charge >= 0.3 is 0 Å². The maximum atomic E-state index is 12.8. The average molecular weight is 435 g/mol. The Morgan fingerprint density at radius 1 is 1.24 bits per heavy atom. The molecule has 0 atom stereocenters. The molecule has 1 aliphatic rings. The Bertz CT molecular complexity index is 900. The van der Waals surface area contributed by atoms with E-state index in [1.54, 1.807) is 13.0 Å². The van der Waals surface area contributed by atoms with Gasteiger partial charge in [-0.3, -0.25) is 14.9 Å². The van der Waals surface area contributed by atoms with Crippen LogP contribution in [0.15, 0.2) is 36.4 Å². The van der Waals surface area contributed by atoms with E-state index in [-0.39, 0.29) is 22.7 Å². The Morgan fingerprint density at radius 3 is 2.66 bits per heavy atom. The number of nitro benzene ring substituents is 1. The molecule has 0 unspecified atom stereocenters. The molecule has 0 spiro atoms. The number of nitrogens with zero attached hydrogens (tertiary/aromatic N) is 1. The van der Waals surface area contributed by atoms with Crippen molar-refractivity contribution in [3.63, 3.8) is 0 Å². The zero-order chi connectivity index (χ0) is 20.8. The predicted molar refractivity (Wildman–Crippen MR) is 117 cm³/mol. The van der Waals surface area contributed by atoms with Crippen molar-refractivity contribution >= 4 is 40.8 Å². The summed E-state index contributed by atoms with van der Waals surface area (Å²) in [5.41, 5.74) is 1.31. The Balaban J connectivity index is 1.87. The second-order valence-electron chi connectivity index (χ2n) is 6.22. The lowest BCUT2D eigenvalue weighted by Gasteiger charge is -2.21. The van der Waals surface area contributed by atoms with Crippen molar-refractivity contribution in [2.24, 2.45) is 0 Å². The van der Waals surface area contributed by atoms with Crippen LogP contribution < -0.4 is 14.8 Å². The van der Waals surface area contributed by atoms with Gasteiger partial charge in [-0.25, -0.2) is 0 Å². The summed E-state index contributed by atoms with van der Waals surface area (Å²) in [6.45, 7) is 2.09. The molecule has 9 heteroatoms. The van der Waals surface area contributed by atoms with Gasteiger partial charge in [-0.15, -0.1) is 23.5 Å². The minimum atomic E-state index is -0.595. The molecule has 1 N–H and O–H groups in total. The number of methoxy groups -OCH3 is 1. The molecule has 29 heavy (non-hydrogen) atoms. The highest BCUT2D eigenvalue weighted by Crippen LogP contribution is 2.44. The minimum absolute atomic E-state index is 0.0814. The second-order valence-corrected chi connectivity index (χ2v) is 8.94. The highest BCUT2D eigenvalue weighted by molar-refractivity contribution is 8.16. The van der Waals surface area contributed by atoms with E-state index in [0.717, 1.165) is 17.1 Å². The van der Waals surface area contributed by atoms with Crippen LogP contribution in [-0.2, 0) is 0 Å². The lowest BCUT2D eigenvalue weighted by molar-refractivity contribution is -0.385. The molecular weight excluding hydrogens is 412 g/mol. The fourth-order valence-electron chi connectivity index (χ4n) is 2.95. The highest BCUT2D eigenvalue weighted by Gasteiger charge is 2.25. The van der Waals surface area contributed by atoms with E-state index in [1.165, 1.54) is 25.7 Å². The van der Waals surface area contributed by atoms with Crippen LogP contribution in [0.4, 0.5) is 11.4 Å². The van der Waals surface area contributed by atoms with Crippen molar-refractivity contribution in [1.82, 2.24) is 0 Å². The monoisotopic (exact) mass is 434 g/mol. The molecule has 1 heterocycles. The van der Waals surface area contributed by atoms with Gasteiger partial charge in [-0.1, -0.05) is 12.1 Å². The molecule has 3 rings (SSSR count). The van der Waals surface area contributed by atoms with Gasteiger partial charge in [-0.2, -0.15) is 0 Å². The van der Waals surface area contributed by atoms with Crippen molar-refractivity contribution in [1.29, 1.82) is 0 Å². The van der Waals surface area contributed by atoms with Crippen molar-refractivity contribution in [2.45, 2.75) is 17.9 Å². The molecule has 0 aliphatic carbocycles. The number of carbonyl (C=O) groups is 1. The summed E-state index contributed by atoms with van der Waals surface area (Å²) in [7, 11) is 1.42. The van der Waals surface area contributed by atoms with Gasteiger partial charge in [0.05, 0.1) is 29.3 Å². The summed E-state index contributed by atoms with van der Waals surface area (Å²) in [6, 6.07) is 10.2. The second kappa shape index (κ2) is 9.89. The molecule has 1 aliphatic heterocycles. The first-order valence-electron chi connectivity index (χ1n) is 9.17. The van der Waals surface area contributed by atoms with Crippen LogP contribution in [0.2, 0.25) is 0 Å². The molecular formula is C20H22N2O5S2. The average Bonchev–Trinajstić information content (AvgIpc) is 2.74. The van der Waals surface area contributed by atoms with Crippen LogP contribution in [0.25, 0.3) is 0 Å². The molecule has 1 saturated heterocycles. The molecule has 0 saturated carbocycles. The zero-order valence-corrected chi connectivity index (χ0v) is 17.8. The van der Waals surface area contributed by atoms with Gasteiger partial charge in [0.2, 0.25) is 0 Å². The van der Waals surface area contributed by atoms with E-state index in [4.69, 9.17) is 9.47 Å². The van der Waals surface area contributed by atoms with Crippen molar-refractivity contribution < 1.29 is 19.2 Å². The van der Waals surface area contributed by atoms with Crippen LogP contribution in [-0.4, -0.2) is 36.1 Å². The largest absolute Gasteiger partial charge is 0.493 e. The van der Waals surface area contributed by atoms with Crippen molar-refractivity contribution in [2.75, 3.05) is 30.5 Å². The van der Waals surface area contributed by atoms with Gasteiger partial charge in [0.25, 0.3) is 11.6 Å². The van der Waals surface area contributed by atoms with Gasteiger partial charge < -0.3 is 14.8 Å². The first-order chi connectivity index (χ1) is 14.0. The van der Waals surface area contributed by atoms with Crippen molar-refractivity contribution in [3.8, 4) is 11.5 Å². The fraction of sp³-hybridized carbons (Fsp3) is 0.350. The Kier molecular flexibility index (Phi) is 7.27. The van der Waals surface area contributed by atoms with Gasteiger partial charge in [0.1, 0.15) is 5.56 Å². The third-order valence-electron chi connectivity index (χ3n) is 4.27. The maximum Gasteiger partial charge on any atom is 0.286 e. The first-order valence-corrected chi connectivity index (χ1v) is 11.3. The molecule has 2 aromatic carbocycles. The van der Waals surface area contributed by atoms with Gasteiger partial charge in [-0.05, 0) is 42.5 Å². The lowest BCUT2D eigenvalue weighted by Crippen LogP contribution is -2.15. The minimum Gasteiger partial charge on any atom is -0.493 e. The van der Waals surface area contributed by atoms with E-state index in [2.05, 4.69) is 5.32 Å². The molecule has 2 aromatic rings. The van der Waals surface area contributed by atoms with Crippen LogP contribution in [0.5, 0.6) is 11.5 Å². The number of hydrogen-bond donors (Lipinski definition) is 1. The lowest BCUT2D eigenvalue weighted by atomic mass is 10.1. The van der Waals surface area contributed by atoms with Gasteiger partial charge in [0.15, 0.2) is 11.5 Å². The topological polar surface area (TPSA) is 90.7 Å². The summed E-state index contributed by atoms with van der Waals surface area (Å²) in [4.78, 5) is 23.8. The van der Waals surface area contributed by atoms with Crippen LogP contribution in [0.1, 0.15) is 33.8 Å². The molecule has 154 valence electrons. The number of nitro groups is 1. The zero-order valence-electron chi connectivity index (χ0n) is 16.2. The molecule has 0 aromatic heterocycles. The maximum absolute atomic E-state index is 12.8. The number of ether oxygens (including phenoxy) is 2. The quantitative estimate of drug-likeness (QED) is 0.477. The number of nitrogens with one attached hydrogen (secondary N) is 1. The Labute approximate surface area is 177 Å². The molecule has 0 radical (unpaired) electrons. The summed E-state index contributed by atoms with van der Waals surface area (Å²) in [5, 5.41) is 14.3. The van der Waals surface area contributed by atoms with Crippen LogP contribution in [0, 0.1) is 10.1 Å². The Hall–Kier alpha value is -2.39. The fourth-order valence-corrected chi connectivity index (χ4v) is 5.82. The van der Waals surface area contributed by atoms with E-state index < -0.39 is 10.8 Å². The summed E-state index contributed by atoms with van der Waals surface area (Å²) >= 11 is 3.78. The van der Waals surface area contributed by atoms with E-state index in [1.807, 2.05) is 41.7 Å². The molecule has 1 amide bonds.